The number of halogens is 2. The fourth-order valence-corrected chi connectivity index (χ4v) is 6.09. The molecule has 3 heterocycles. The van der Waals surface area contributed by atoms with Crippen LogP contribution in [0.3, 0.4) is 0 Å². The standard InChI is InChI=1S/C27H15Cl2NO7/c28-16-7-5-12(9-17(16)29)22-20-21(27(37-22)23(31)14-3-1-2-4-15(14)24(27)32)26(34)30(25(20)33)13-6-8-18-19(10-13)36-11-35-18/h1-10,20-22H,11H2/t20-,21-,22-/m1/s1. The molecular weight excluding hydrogens is 521 g/mol. The number of carbonyl (C=O) groups excluding carboxylic acids is 4. The lowest BCUT2D eigenvalue weighted by Gasteiger charge is -2.27. The highest BCUT2D eigenvalue weighted by Gasteiger charge is 2.74. The topological polar surface area (TPSA) is 99.2 Å². The molecule has 3 aromatic rings. The quantitative estimate of drug-likeness (QED) is 0.353. The van der Waals surface area contributed by atoms with Crippen molar-refractivity contribution in [2.24, 2.45) is 11.8 Å². The Hall–Kier alpha value is -3.72. The van der Waals surface area contributed by atoms with Gasteiger partial charge in [0.1, 0.15) is 0 Å². The van der Waals surface area contributed by atoms with Crippen molar-refractivity contribution in [1.82, 2.24) is 0 Å². The normalized spacial score (nSPS) is 24.8. The largest absolute Gasteiger partial charge is 0.454 e. The van der Waals surface area contributed by atoms with Crippen molar-refractivity contribution in [3.63, 3.8) is 0 Å². The van der Waals surface area contributed by atoms with Gasteiger partial charge in [-0.3, -0.25) is 19.2 Å². The van der Waals surface area contributed by atoms with Crippen LogP contribution in [-0.2, 0) is 14.3 Å². The number of amides is 2. The van der Waals surface area contributed by atoms with Crippen LogP contribution in [-0.4, -0.2) is 35.8 Å². The molecular formula is C27H15Cl2NO7. The lowest BCUT2D eigenvalue weighted by atomic mass is 9.77. The molecule has 0 radical (unpaired) electrons. The summed E-state index contributed by atoms with van der Waals surface area (Å²) in [5, 5.41) is 0.489. The molecule has 4 aliphatic rings. The summed E-state index contributed by atoms with van der Waals surface area (Å²) in [5.74, 6) is -4.26. The number of hydrogen-bond donors (Lipinski definition) is 0. The molecule has 2 saturated heterocycles. The van der Waals surface area contributed by atoms with E-state index in [0.717, 1.165) is 4.90 Å². The van der Waals surface area contributed by atoms with Gasteiger partial charge in [-0.15, -0.1) is 0 Å². The SMILES string of the molecule is O=C1[C@H]2[C@@H](c3ccc(Cl)c(Cl)c3)OC3(C(=O)c4ccccc4C3=O)[C@H]2C(=O)N1c1ccc2c(c1)OCO2. The molecule has 7 rings (SSSR count). The zero-order valence-electron chi connectivity index (χ0n) is 18.8. The van der Waals surface area contributed by atoms with Crippen LogP contribution in [0.4, 0.5) is 5.69 Å². The average Bonchev–Trinajstić information content (AvgIpc) is 3.62. The number of anilines is 1. The molecule has 0 saturated carbocycles. The first-order valence-electron chi connectivity index (χ1n) is 11.4. The van der Waals surface area contributed by atoms with Gasteiger partial charge in [-0.05, 0) is 29.8 Å². The highest BCUT2D eigenvalue weighted by atomic mass is 35.5. The van der Waals surface area contributed by atoms with Gasteiger partial charge in [-0.25, -0.2) is 4.90 Å². The lowest BCUT2D eigenvalue weighted by Crippen LogP contribution is -2.51. The van der Waals surface area contributed by atoms with Gasteiger partial charge in [0.05, 0.1) is 33.7 Å². The van der Waals surface area contributed by atoms with Gasteiger partial charge in [-0.1, -0.05) is 53.5 Å². The van der Waals surface area contributed by atoms with E-state index in [-0.39, 0.29) is 33.7 Å². The number of hydrogen-bond acceptors (Lipinski definition) is 7. The zero-order valence-corrected chi connectivity index (χ0v) is 20.3. The number of ketones is 2. The summed E-state index contributed by atoms with van der Waals surface area (Å²) in [6, 6.07) is 15.6. The van der Waals surface area contributed by atoms with Crippen LogP contribution in [0.15, 0.2) is 60.7 Å². The van der Waals surface area contributed by atoms with Gasteiger partial charge < -0.3 is 14.2 Å². The van der Waals surface area contributed by atoms with E-state index in [0.29, 0.717) is 17.1 Å². The Morgan fingerprint density at radius 1 is 0.784 bits per heavy atom. The predicted molar refractivity (Wildman–Crippen MR) is 130 cm³/mol. The van der Waals surface area contributed by atoms with Gasteiger partial charge >= 0.3 is 0 Å². The Morgan fingerprint density at radius 2 is 1.49 bits per heavy atom. The lowest BCUT2D eigenvalue weighted by molar-refractivity contribution is -0.127. The first-order valence-corrected chi connectivity index (χ1v) is 12.2. The second-order valence-electron chi connectivity index (χ2n) is 9.20. The molecule has 1 spiro atoms. The predicted octanol–water partition coefficient (Wildman–Crippen LogP) is 4.42. The number of Topliss-reactive ketones (excluding diaryl/α,β-unsaturated/α-hetero) is 2. The molecule has 184 valence electrons. The minimum atomic E-state index is -2.18. The third-order valence-electron chi connectivity index (χ3n) is 7.41. The van der Waals surface area contributed by atoms with E-state index >= 15 is 0 Å². The Bertz CT molecular complexity index is 1550. The highest BCUT2D eigenvalue weighted by Crippen LogP contribution is 2.58. The average molecular weight is 536 g/mol. The van der Waals surface area contributed by atoms with E-state index in [2.05, 4.69) is 0 Å². The Balaban J connectivity index is 1.41. The number of fused-ring (bicyclic) bond motifs is 4. The third-order valence-corrected chi connectivity index (χ3v) is 8.14. The molecule has 3 atom stereocenters. The van der Waals surface area contributed by atoms with E-state index in [1.165, 1.54) is 30.3 Å². The molecule has 2 fully saturated rings. The number of carbonyl (C=O) groups is 4. The summed E-state index contributed by atoms with van der Waals surface area (Å²) in [4.78, 5) is 56.5. The number of benzene rings is 3. The van der Waals surface area contributed by atoms with Gasteiger partial charge in [0.25, 0.3) is 0 Å². The summed E-state index contributed by atoms with van der Waals surface area (Å²) in [6.45, 7) is 0.0174. The molecule has 0 unspecified atom stereocenters. The zero-order chi connectivity index (χ0) is 25.6. The van der Waals surface area contributed by atoms with Gasteiger partial charge in [0, 0.05) is 17.2 Å². The molecule has 0 bridgehead atoms. The maximum absolute atomic E-state index is 14.0. The summed E-state index contributed by atoms with van der Waals surface area (Å²) in [7, 11) is 0. The van der Waals surface area contributed by atoms with Crippen molar-refractivity contribution in [3.8, 4) is 11.5 Å². The molecule has 10 heteroatoms. The number of nitrogens with zero attached hydrogens (tertiary/aromatic N) is 1. The Morgan fingerprint density at radius 3 is 2.19 bits per heavy atom. The molecule has 2 amide bonds. The van der Waals surface area contributed by atoms with Crippen molar-refractivity contribution in [1.29, 1.82) is 0 Å². The number of rotatable bonds is 2. The van der Waals surface area contributed by atoms with Crippen molar-refractivity contribution in [2.75, 3.05) is 11.7 Å². The first kappa shape index (κ1) is 22.5. The van der Waals surface area contributed by atoms with E-state index in [1.807, 2.05) is 0 Å². The third kappa shape index (κ3) is 2.83. The summed E-state index contributed by atoms with van der Waals surface area (Å²) >= 11 is 12.3. The molecule has 3 aromatic carbocycles. The maximum atomic E-state index is 14.0. The van der Waals surface area contributed by atoms with E-state index in [9.17, 15) is 19.2 Å². The van der Waals surface area contributed by atoms with Crippen LogP contribution in [0.25, 0.3) is 0 Å². The van der Waals surface area contributed by atoms with Gasteiger partial charge in [0.15, 0.2) is 11.5 Å². The number of imide groups is 1. The summed E-state index contributed by atoms with van der Waals surface area (Å²) in [6.07, 6.45) is -1.10. The molecule has 1 aliphatic carbocycles. The molecule has 3 aliphatic heterocycles. The minimum Gasteiger partial charge on any atom is -0.454 e. The van der Waals surface area contributed by atoms with E-state index < -0.39 is 46.9 Å². The highest BCUT2D eigenvalue weighted by molar-refractivity contribution is 6.42. The number of ether oxygens (including phenoxy) is 3. The molecule has 0 N–H and O–H groups in total. The van der Waals surface area contributed by atoms with Gasteiger partial charge in [-0.2, -0.15) is 0 Å². The van der Waals surface area contributed by atoms with Crippen molar-refractivity contribution >= 4 is 52.3 Å². The molecule has 0 aromatic heterocycles. The van der Waals surface area contributed by atoms with Crippen LogP contribution in [0.2, 0.25) is 10.0 Å². The fourth-order valence-electron chi connectivity index (χ4n) is 5.79. The van der Waals surface area contributed by atoms with E-state index in [4.69, 9.17) is 37.4 Å². The second kappa shape index (κ2) is 7.64. The molecule has 8 nitrogen and oxygen atoms in total. The van der Waals surface area contributed by atoms with Gasteiger partial charge in [0.2, 0.25) is 35.8 Å². The second-order valence-corrected chi connectivity index (χ2v) is 10.0. The first-order chi connectivity index (χ1) is 17.8. The van der Waals surface area contributed by atoms with Crippen LogP contribution in [0, 0.1) is 11.8 Å². The minimum absolute atomic E-state index is 0.0174. The van der Waals surface area contributed by atoms with Crippen molar-refractivity contribution < 1.29 is 33.4 Å². The van der Waals surface area contributed by atoms with Crippen molar-refractivity contribution in [2.45, 2.75) is 11.7 Å². The maximum Gasteiger partial charge on any atom is 0.241 e. The van der Waals surface area contributed by atoms with Crippen molar-refractivity contribution in [3.05, 3.63) is 87.4 Å². The molecule has 37 heavy (non-hydrogen) atoms. The van der Waals surface area contributed by atoms with Crippen LogP contribution >= 0.6 is 23.2 Å². The Kier molecular flexibility index (Phi) is 4.64. The monoisotopic (exact) mass is 535 g/mol. The van der Waals surface area contributed by atoms with Crippen LogP contribution in [0.5, 0.6) is 11.5 Å². The Labute approximate surface area is 219 Å². The summed E-state index contributed by atoms with van der Waals surface area (Å²) < 4.78 is 17.0. The van der Waals surface area contributed by atoms with E-state index in [1.54, 1.807) is 30.3 Å². The fraction of sp³-hybridized carbons (Fsp3) is 0.185. The summed E-state index contributed by atoms with van der Waals surface area (Å²) in [5.41, 5.74) is -1.20. The van der Waals surface area contributed by atoms with Crippen LogP contribution in [0.1, 0.15) is 32.4 Å². The smallest absolute Gasteiger partial charge is 0.241 e. The van der Waals surface area contributed by atoms with Crippen LogP contribution < -0.4 is 14.4 Å².